The fourth-order valence-corrected chi connectivity index (χ4v) is 6.08. The number of ether oxygens (including phenoxy) is 2. The number of amides is 2. The molecule has 4 aromatic carbocycles. The first-order valence-corrected chi connectivity index (χ1v) is 16.1. The minimum absolute atomic E-state index is 0.0401. The van der Waals surface area contributed by atoms with Gasteiger partial charge in [-0.2, -0.15) is 0 Å². The molecule has 0 aliphatic carbocycles. The quantitative estimate of drug-likeness (QED) is 0.130. The molecule has 10 nitrogen and oxygen atoms in total. The zero-order chi connectivity index (χ0) is 33.1. The van der Waals surface area contributed by atoms with Gasteiger partial charge in [0.05, 0.1) is 12.4 Å². The first-order valence-electron chi connectivity index (χ1n) is 16.1. The highest BCUT2D eigenvalue weighted by molar-refractivity contribution is 5.98. The van der Waals surface area contributed by atoms with Gasteiger partial charge < -0.3 is 35.1 Å². The molecule has 0 unspecified atom stereocenters. The molecule has 10 heteroatoms. The van der Waals surface area contributed by atoms with E-state index in [0.717, 1.165) is 34.5 Å². The Hall–Kier alpha value is -5.45. The number of benzene rings is 4. The first kappa shape index (κ1) is 32.5. The van der Waals surface area contributed by atoms with Crippen LogP contribution in [0.1, 0.15) is 29.0 Å². The Labute approximate surface area is 279 Å². The fraction of sp³-hybridized carbons (Fsp3) is 0.237. The summed E-state index contributed by atoms with van der Waals surface area (Å²) in [5.41, 5.74) is 4.25. The van der Waals surface area contributed by atoms with Gasteiger partial charge in [-0.15, -0.1) is 0 Å². The minimum Gasteiger partial charge on any atom is -0.491 e. The Morgan fingerprint density at radius 3 is 2.23 bits per heavy atom. The van der Waals surface area contributed by atoms with E-state index in [9.17, 15) is 14.7 Å². The zero-order valence-electron chi connectivity index (χ0n) is 26.4. The van der Waals surface area contributed by atoms with Gasteiger partial charge >= 0.3 is 6.09 Å². The van der Waals surface area contributed by atoms with Crippen LogP contribution in [0.2, 0.25) is 0 Å². The highest BCUT2D eigenvalue weighted by Gasteiger charge is 2.33. The van der Waals surface area contributed by atoms with E-state index in [1.54, 1.807) is 12.5 Å². The largest absolute Gasteiger partial charge is 0.491 e. The van der Waals surface area contributed by atoms with Crippen LogP contribution in [0.4, 0.5) is 10.5 Å². The van der Waals surface area contributed by atoms with Crippen LogP contribution in [0.15, 0.2) is 128 Å². The second-order valence-electron chi connectivity index (χ2n) is 11.7. The summed E-state index contributed by atoms with van der Waals surface area (Å²) >= 11 is 0. The number of carboxylic acid groups (broad SMARTS) is 1. The molecular weight excluding hydrogens is 606 g/mol. The molecule has 2 heterocycles. The lowest BCUT2D eigenvalue weighted by atomic mass is 9.84. The van der Waals surface area contributed by atoms with Gasteiger partial charge in [-0.3, -0.25) is 4.79 Å². The summed E-state index contributed by atoms with van der Waals surface area (Å²) in [4.78, 5) is 30.0. The molecule has 1 saturated heterocycles. The summed E-state index contributed by atoms with van der Waals surface area (Å²) in [5.74, 6) is -0.203. The maximum Gasteiger partial charge on any atom is 0.405 e. The Morgan fingerprint density at radius 1 is 0.896 bits per heavy atom. The fourth-order valence-electron chi connectivity index (χ4n) is 6.08. The summed E-state index contributed by atoms with van der Waals surface area (Å²) in [6.45, 7) is 1.83. The standard InChI is InChI=1S/C38H39N5O5/c44-37(36(42-38(45)46)35(28-10-3-1-4-11-28)29-12-5-2-6-13-29)41-34-14-8-7-9-27(34)15-18-32-23-40-24-33(48-32)25-47-31-19-16-30(17-20-31)43-22-21-39-26-43/h1-14,16-17,19-22,26,32-33,35-36,40,42H,15,18,23-25H2,(H,41,44)(H,45,46)/t32-,33+,36+/m1/s1. The van der Waals surface area contributed by atoms with Gasteiger partial charge in [0.15, 0.2) is 0 Å². The van der Waals surface area contributed by atoms with Gasteiger partial charge in [-0.25, -0.2) is 9.78 Å². The molecule has 5 aromatic rings. The number of carbonyl (C=O) groups is 2. The molecule has 1 aromatic heterocycles. The van der Waals surface area contributed by atoms with E-state index in [4.69, 9.17) is 9.47 Å². The normalized spacial score (nSPS) is 16.6. The number of hydrogen-bond donors (Lipinski definition) is 4. The zero-order valence-corrected chi connectivity index (χ0v) is 26.4. The van der Waals surface area contributed by atoms with Crippen LogP contribution in [-0.2, 0) is 16.0 Å². The average Bonchev–Trinajstić information content (AvgIpc) is 3.67. The number of hydrogen-bond acceptors (Lipinski definition) is 6. The molecular formula is C38H39N5O5. The van der Waals surface area contributed by atoms with Gasteiger partial charge in [-0.05, 0) is 59.9 Å². The van der Waals surface area contributed by atoms with E-state index < -0.39 is 24.0 Å². The molecule has 48 heavy (non-hydrogen) atoms. The minimum atomic E-state index is -1.27. The van der Waals surface area contributed by atoms with Gasteiger partial charge in [-0.1, -0.05) is 78.9 Å². The summed E-state index contributed by atoms with van der Waals surface area (Å²) < 4.78 is 14.4. The summed E-state index contributed by atoms with van der Waals surface area (Å²) in [6, 6.07) is 33.3. The number of anilines is 1. The van der Waals surface area contributed by atoms with Gasteiger partial charge in [0.25, 0.3) is 0 Å². The summed E-state index contributed by atoms with van der Waals surface area (Å²) in [6.07, 6.45) is 5.35. The van der Waals surface area contributed by atoms with E-state index in [1.165, 1.54) is 0 Å². The highest BCUT2D eigenvalue weighted by Crippen LogP contribution is 2.30. The Balaban J connectivity index is 1.08. The van der Waals surface area contributed by atoms with E-state index in [0.29, 0.717) is 31.8 Å². The number of para-hydroxylation sites is 1. The Morgan fingerprint density at radius 2 is 1.56 bits per heavy atom. The highest BCUT2D eigenvalue weighted by atomic mass is 16.5. The molecule has 6 rings (SSSR count). The van der Waals surface area contributed by atoms with Crippen molar-refractivity contribution >= 4 is 17.7 Å². The summed E-state index contributed by atoms with van der Waals surface area (Å²) in [7, 11) is 0. The lowest BCUT2D eigenvalue weighted by molar-refractivity contribution is -0.118. The van der Waals surface area contributed by atoms with Crippen molar-refractivity contribution in [2.45, 2.75) is 37.0 Å². The van der Waals surface area contributed by atoms with E-state index in [1.807, 2.05) is 120 Å². The predicted molar refractivity (Wildman–Crippen MR) is 184 cm³/mol. The van der Waals surface area contributed by atoms with Crippen molar-refractivity contribution in [2.75, 3.05) is 25.0 Å². The maximum absolute atomic E-state index is 13.9. The third kappa shape index (κ3) is 8.47. The van der Waals surface area contributed by atoms with Crippen LogP contribution in [0.25, 0.3) is 5.69 Å². The predicted octanol–water partition coefficient (Wildman–Crippen LogP) is 5.65. The third-order valence-corrected chi connectivity index (χ3v) is 8.43. The number of aryl methyl sites for hydroxylation is 1. The molecule has 2 amide bonds. The number of morpholine rings is 1. The van der Waals surface area contributed by atoms with Crippen molar-refractivity contribution < 1.29 is 24.2 Å². The van der Waals surface area contributed by atoms with Gasteiger partial charge in [0.1, 0.15) is 24.5 Å². The number of aromatic nitrogens is 2. The van der Waals surface area contributed by atoms with E-state index >= 15 is 0 Å². The topological polar surface area (TPSA) is 127 Å². The monoisotopic (exact) mass is 645 g/mol. The van der Waals surface area contributed by atoms with Crippen molar-refractivity contribution in [3.63, 3.8) is 0 Å². The van der Waals surface area contributed by atoms with Crippen LogP contribution >= 0.6 is 0 Å². The van der Waals surface area contributed by atoms with Crippen LogP contribution in [0.5, 0.6) is 5.75 Å². The smallest absolute Gasteiger partial charge is 0.405 e. The molecule has 1 fully saturated rings. The molecule has 0 spiro atoms. The molecule has 0 bridgehead atoms. The van der Waals surface area contributed by atoms with Gasteiger partial charge in [0, 0.05) is 42.8 Å². The van der Waals surface area contributed by atoms with E-state index in [-0.39, 0.29) is 12.2 Å². The van der Waals surface area contributed by atoms with E-state index in [2.05, 4.69) is 20.9 Å². The Kier molecular flexibility index (Phi) is 10.8. The van der Waals surface area contributed by atoms with Crippen LogP contribution in [0, 0.1) is 0 Å². The van der Waals surface area contributed by atoms with Crippen molar-refractivity contribution in [2.24, 2.45) is 0 Å². The lowest BCUT2D eigenvalue weighted by Gasteiger charge is -2.31. The van der Waals surface area contributed by atoms with Crippen LogP contribution < -0.4 is 20.7 Å². The SMILES string of the molecule is O=C(O)N[C@H](C(=O)Nc1ccccc1CC[C@@H]1CNC[C@@H](COc2ccc(-n3ccnc3)cc2)O1)C(c1ccccc1)c1ccccc1. The molecule has 0 saturated carbocycles. The Bertz CT molecular complexity index is 1710. The maximum atomic E-state index is 13.9. The van der Waals surface area contributed by atoms with Crippen molar-refractivity contribution in [1.29, 1.82) is 0 Å². The summed E-state index contributed by atoms with van der Waals surface area (Å²) in [5, 5.41) is 18.8. The van der Waals surface area contributed by atoms with Gasteiger partial charge in [0.2, 0.25) is 5.91 Å². The third-order valence-electron chi connectivity index (χ3n) is 8.43. The number of nitrogens with one attached hydrogen (secondary N) is 3. The number of carbonyl (C=O) groups excluding carboxylic acids is 1. The number of nitrogens with zero attached hydrogens (tertiary/aromatic N) is 2. The van der Waals surface area contributed by atoms with Crippen molar-refractivity contribution in [1.82, 2.24) is 20.2 Å². The van der Waals surface area contributed by atoms with Crippen molar-refractivity contribution in [3.05, 3.63) is 145 Å². The second-order valence-corrected chi connectivity index (χ2v) is 11.7. The number of rotatable bonds is 13. The molecule has 0 radical (unpaired) electrons. The van der Waals surface area contributed by atoms with Crippen LogP contribution in [-0.4, -0.2) is 64.6 Å². The first-order chi connectivity index (χ1) is 23.5. The lowest BCUT2D eigenvalue weighted by Crippen LogP contribution is -2.47. The van der Waals surface area contributed by atoms with Crippen molar-refractivity contribution in [3.8, 4) is 11.4 Å². The molecule has 4 N–H and O–H groups in total. The second kappa shape index (κ2) is 15.9. The molecule has 1 aliphatic rings. The molecule has 246 valence electrons. The molecule has 3 atom stereocenters. The molecule has 1 aliphatic heterocycles. The number of imidazole rings is 1. The van der Waals surface area contributed by atoms with Crippen LogP contribution in [0.3, 0.4) is 0 Å². The average molecular weight is 646 g/mol.